The number of anilines is 1. The van der Waals surface area contributed by atoms with Gasteiger partial charge in [0, 0.05) is 18.1 Å². The first kappa shape index (κ1) is 11.3. The summed E-state index contributed by atoms with van der Waals surface area (Å²) < 4.78 is 1.82. The number of halogens is 1. The molecule has 0 fully saturated rings. The van der Waals surface area contributed by atoms with Crippen molar-refractivity contribution in [2.24, 2.45) is 0 Å². The van der Waals surface area contributed by atoms with E-state index in [1.54, 1.807) is 24.2 Å². The molecule has 2 rings (SSSR count). The van der Waals surface area contributed by atoms with E-state index in [2.05, 4.69) is 10.1 Å². The molecule has 4 nitrogen and oxygen atoms in total. The van der Waals surface area contributed by atoms with Gasteiger partial charge in [0.2, 0.25) is 0 Å². The second-order valence-electron chi connectivity index (χ2n) is 3.20. The van der Waals surface area contributed by atoms with Crippen molar-refractivity contribution in [2.45, 2.75) is 11.6 Å². The summed E-state index contributed by atoms with van der Waals surface area (Å²) in [6.45, 7) is 0.812. The van der Waals surface area contributed by atoms with E-state index in [0.717, 1.165) is 17.3 Å². The zero-order valence-corrected chi connectivity index (χ0v) is 10.1. The second-order valence-corrected chi connectivity index (χ2v) is 4.75. The van der Waals surface area contributed by atoms with Crippen molar-refractivity contribution in [2.75, 3.05) is 11.5 Å². The number of pyridine rings is 1. The number of hydrogen-bond donors (Lipinski definition) is 1. The SMILES string of the molecule is Nc1cnn(CCSc2ccc(Cl)cn2)c1. The molecule has 0 aliphatic carbocycles. The smallest absolute Gasteiger partial charge is 0.0961 e. The van der Waals surface area contributed by atoms with E-state index in [1.807, 2.05) is 23.0 Å². The van der Waals surface area contributed by atoms with Gasteiger partial charge in [-0.1, -0.05) is 11.6 Å². The quantitative estimate of drug-likeness (QED) is 0.851. The molecule has 0 radical (unpaired) electrons. The topological polar surface area (TPSA) is 56.7 Å². The van der Waals surface area contributed by atoms with Crippen molar-refractivity contribution in [3.05, 3.63) is 35.7 Å². The van der Waals surface area contributed by atoms with Gasteiger partial charge in [-0.15, -0.1) is 11.8 Å². The van der Waals surface area contributed by atoms with E-state index in [0.29, 0.717) is 10.7 Å². The number of hydrogen-bond acceptors (Lipinski definition) is 4. The van der Waals surface area contributed by atoms with Gasteiger partial charge in [-0.05, 0) is 12.1 Å². The van der Waals surface area contributed by atoms with E-state index in [9.17, 15) is 0 Å². The molecule has 2 aromatic rings. The van der Waals surface area contributed by atoms with Gasteiger partial charge in [-0.2, -0.15) is 5.10 Å². The Kier molecular flexibility index (Phi) is 3.69. The molecule has 2 aromatic heterocycles. The van der Waals surface area contributed by atoms with E-state index in [-0.39, 0.29) is 0 Å². The van der Waals surface area contributed by atoms with Crippen molar-refractivity contribution in [1.82, 2.24) is 14.8 Å². The maximum atomic E-state index is 5.74. The highest BCUT2D eigenvalue weighted by atomic mass is 35.5. The highest BCUT2D eigenvalue weighted by molar-refractivity contribution is 7.99. The Labute approximate surface area is 103 Å². The van der Waals surface area contributed by atoms with Crippen LogP contribution in [0.3, 0.4) is 0 Å². The Morgan fingerprint density at radius 2 is 2.25 bits per heavy atom. The van der Waals surface area contributed by atoms with Crippen LogP contribution in [0.2, 0.25) is 5.02 Å². The molecule has 0 unspecified atom stereocenters. The van der Waals surface area contributed by atoms with Gasteiger partial charge in [-0.25, -0.2) is 4.98 Å². The summed E-state index contributed by atoms with van der Waals surface area (Å²) in [5, 5.41) is 5.72. The number of rotatable bonds is 4. The number of aryl methyl sites for hydroxylation is 1. The zero-order valence-electron chi connectivity index (χ0n) is 8.51. The van der Waals surface area contributed by atoms with Gasteiger partial charge in [0.15, 0.2) is 0 Å². The van der Waals surface area contributed by atoms with Crippen LogP contribution in [0.4, 0.5) is 5.69 Å². The average Bonchev–Trinajstić information content (AvgIpc) is 2.67. The Bertz CT molecular complexity index is 454. The third kappa shape index (κ3) is 3.15. The van der Waals surface area contributed by atoms with Gasteiger partial charge >= 0.3 is 0 Å². The monoisotopic (exact) mass is 254 g/mol. The van der Waals surface area contributed by atoms with Crippen LogP contribution in [0.1, 0.15) is 0 Å². The minimum Gasteiger partial charge on any atom is -0.396 e. The lowest BCUT2D eigenvalue weighted by Gasteiger charge is -2.01. The Morgan fingerprint density at radius 1 is 1.38 bits per heavy atom. The van der Waals surface area contributed by atoms with E-state index >= 15 is 0 Å². The van der Waals surface area contributed by atoms with Gasteiger partial charge in [0.05, 0.1) is 28.5 Å². The van der Waals surface area contributed by atoms with Crippen LogP contribution < -0.4 is 5.73 Å². The predicted molar refractivity (Wildman–Crippen MR) is 66.6 cm³/mol. The maximum Gasteiger partial charge on any atom is 0.0961 e. The van der Waals surface area contributed by atoms with Crippen LogP contribution in [-0.2, 0) is 6.54 Å². The molecule has 16 heavy (non-hydrogen) atoms. The van der Waals surface area contributed by atoms with E-state index in [1.165, 1.54) is 0 Å². The largest absolute Gasteiger partial charge is 0.396 e. The molecule has 2 N–H and O–H groups in total. The van der Waals surface area contributed by atoms with Crippen LogP contribution >= 0.6 is 23.4 Å². The van der Waals surface area contributed by atoms with Crippen LogP contribution in [-0.4, -0.2) is 20.5 Å². The van der Waals surface area contributed by atoms with Crippen molar-refractivity contribution in [3.8, 4) is 0 Å². The summed E-state index contributed by atoms with van der Waals surface area (Å²) >= 11 is 7.41. The van der Waals surface area contributed by atoms with Crippen molar-refractivity contribution in [1.29, 1.82) is 0 Å². The summed E-state index contributed by atoms with van der Waals surface area (Å²) in [5.74, 6) is 0.899. The van der Waals surface area contributed by atoms with Crippen molar-refractivity contribution < 1.29 is 0 Å². The lowest BCUT2D eigenvalue weighted by molar-refractivity contribution is 0.666. The first-order valence-corrected chi connectivity index (χ1v) is 6.13. The summed E-state index contributed by atoms with van der Waals surface area (Å²) in [6, 6.07) is 3.74. The highest BCUT2D eigenvalue weighted by Gasteiger charge is 1.98. The molecule has 0 amide bonds. The fraction of sp³-hybridized carbons (Fsp3) is 0.200. The standard InChI is InChI=1S/C10H11ClN4S/c11-8-1-2-10(13-5-8)16-4-3-15-7-9(12)6-14-15/h1-2,5-7H,3-4,12H2. The number of nitrogens with two attached hydrogens (primary N) is 1. The maximum absolute atomic E-state index is 5.74. The normalized spacial score (nSPS) is 10.6. The van der Waals surface area contributed by atoms with Crippen LogP contribution in [0, 0.1) is 0 Å². The molecule has 0 spiro atoms. The number of nitrogen functional groups attached to an aromatic ring is 1. The van der Waals surface area contributed by atoms with Crippen LogP contribution in [0.25, 0.3) is 0 Å². The first-order valence-electron chi connectivity index (χ1n) is 4.76. The van der Waals surface area contributed by atoms with E-state index < -0.39 is 0 Å². The Hall–Kier alpha value is -1.20. The Morgan fingerprint density at radius 3 is 2.88 bits per heavy atom. The molecule has 0 aromatic carbocycles. The molecule has 84 valence electrons. The zero-order chi connectivity index (χ0) is 11.4. The van der Waals surface area contributed by atoms with Gasteiger partial charge in [0.25, 0.3) is 0 Å². The summed E-state index contributed by atoms with van der Waals surface area (Å²) in [6.07, 6.45) is 5.11. The lowest BCUT2D eigenvalue weighted by atomic mass is 10.5. The second kappa shape index (κ2) is 5.23. The summed E-state index contributed by atoms with van der Waals surface area (Å²) in [4.78, 5) is 4.19. The highest BCUT2D eigenvalue weighted by Crippen LogP contribution is 2.17. The van der Waals surface area contributed by atoms with E-state index in [4.69, 9.17) is 17.3 Å². The summed E-state index contributed by atoms with van der Waals surface area (Å²) in [5.41, 5.74) is 6.25. The number of aromatic nitrogens is 3. The molecule has 0 atom stereocenters. The Balaban J connectivity index is 1.82. The third-order valence-electron chi connectivity index (χ3n) is 1.92. The lowest BCUT2D eigenvalue weighted by Crippen LogP contribution is -2.00. The predicted octanol–water partition coefficient (Wildman–Crippen LogP) is 2.31. The third-order valence-corrected chi connectivity index (χ3v) is 3.07. The minimum atomic E-state index is 0.657. The number of nitrogens with zero attached hydrogens (tertiary/aromatic N) is 3. The molecular formula is C10H11ClN4S. The van der Waals surface area contributed by atoms with Crippen LogP contribution in [0.15, 0.2) is 35.7 Å². The molecule has 0 aliphatic heterocycles. The molecule has 2 heterocycles. The van der Waals surface area contributed by atoms with Gasteiger partial charge < -0.3 is 5.73 Å². The average molecular weight is 255 g/mol. The van der Waals surface area contributed by atoms with Crippen LogP contribution in [0.5, 0.6) is 0 Å². The molecule has 0 bridgehead atoms. The summed E-state index contributed by atoms with van der Waals surface area (Å²) in [7, 11) is 0. The number of thioether (sulfide) groups is 1. The fourth-order valence-electron chi connectivity index (χ4n) is 1.19. The first-order chi connectivity index (χ1) is 7.74. The van der Waals surface area contributed by atoms with Crippen molar-refractivity contribution in [3.63, 3.8) is 0 Å². The van der Waals surface area contributed by atoms with Gasteiger partial charge in [-0.3, -0.25) is 4.68 Å². The van der Waals surface area contributed by atoms with Gasteiger partial charge in [0.1, 0.15) is 0 Å². The molecular weight excluding hydrogens is 244 g/mol. The fourth-order valence-corrected chi connectivity index (χ4v) is 2.08. The molecule has 6 heteroatoms. The molecule has 0 saturated heterocycles. The van der Waals surface area contributed by atoms with Crippen molar-refractivity contribution >= 4 is 29.1 Å². The minimum absolute atomic E-state index is 0.657. The molecule has 0 saturated carbocycles. The molecule has 0 aliphatic rings.